The molecule has 0 aliphatic carbocycles. The molecule has 0 saturated heterocycles. The van der Waals surface area contributed by atoms with E-state index in [9.17, 15) is 8.78 Å². The molecule has 170 valence electrons. The number of aromatic nitrogens is 6. The van der Waals surface area contributed by atoms with Crippen molar-refractivity contribution in [3.63, 3.8) is 0 Å². The summed E-state index contributed by atoms with van der Waals surface area (Å²) in [6.07, 6.45) is 3.29. The van der Waals surface area contributed by atoms with Gasteiger partial charge in [-0.15, -0.1) is 0 Å². The lowest BCUT2D eigenvalue weighted by Crippen LogP contribution is -2.12. The number of rotatable bonds is 6. The third-order valence-electron chi connectivity index (χ3n) is 5.15. The van der Waals surface area contributed by atoms with E-state index >= 15 is 0 Å². The molecule has 5 N–H and O–H groups in total. The largest absolute Gasteiger partial charge is 0.368 e. The van der Waals surface area contributed by atoms with E-state index in [2.05, 4.69) is 40.8 Å². The summed E-state index contributed by atoms with van der Waals surface area (Å²) in [7, 11) is 0. The first-order valence-corrected chi connectivity index (χ1v) is 10.3. The van der Waals surface area contributed by atoms with Gasteiger partial charge in [-0.05, 0) is 25.1 Å². The molecule has 34 heavy (non-hydrogen) atoms. The Hall–Kier alpha value is -4.67. The number of halogens is 2. The summed E-state index contributed by atoms with van der Waals surface area (Å²) in [6.45, 7) is 1.73. The van der Waals surface area contributed by atoms with Gasteiger partial charge < -0.3 is 16.4 Å². The van der Waals surface area contributed by atoms with Crippen molar-refractivity contribution in [3.05, 3.63) is 78.1 Å². The topological polar surface area (TPSA) is 130 Å². The standard InChI is InChI=1S/C23H19F2N9/c1-12(15-4-3-14(24)9-16(15)25)29-20-11-21(32-23(26)31-20)30-22-10-18(33-34-22)13-2-5-17-19(8-13)28-7-6-27-17/h2-12H,1H3,(H5,26,29,30,31,32,33,34). The van der Waals surface area contributed by atoms with Gasteiger partial charge in [0.25, 0.3) is 0 Å². The quantitative estimate of drug-likeness (QED) is 0.290. The fraction of sp³-hybridized carbons (Fsp3) is 0.0870. The van der Waals surface area contributed by atoms with E-state index in [0.29, 0.717) is 23.0 Å². The van der Waals surface area contributed by atoms with Crippen LogP contribution in [-0.2, 0) is 0 Å². The molecule has 0 spiro atoms. The van der Waals surface area contributed by atoms with Crippen LogP contribution >= 0.6 is 0 Å². The number of hydrogen-bond donors (Lipinski definition) is 4. The maximum atomic E-state index is 14.1. The minimum absolute atomic E-state index is 0.0168. The summed E-state index contributed by atoms with van der Waals surface area (Å²) in [5.74, 6) is 0.00339. The molecule has 3 heterocycles. The average molecular weight is 459 g/mol. The van der Waals surface area contributed by atoms with Gasteiger partial charge in [0.1, 0.15) is 23.3 Å². The number of nitrogens with zero attached hydrogens (tertiary/aromatic N) is 5. The van der Waals surface area contributed by atoms with Gasteiger partial charge in [-0.1, -0.05) is 12.1 Å². The molecule has 1 unspecified atom stereocenters. The predicted octanol–water partition coefficient (Wildman–Crippen LogP) is 4.59. The van der Waals surface area contributed by atoms with Gasteiger partial charge in [0.2, 0.25) is 5.95 Å². The van der Waals surface area contributed by atoms with Crippen LogP contribution in [0.4, 0.5) is 32.2 Å². The second-order valence-electron chi connectivity index (χ2n) is 7.58. The summed E-state index contributed by atoms with van der Waals surface area (Å²) in [6, 6.07) is 12.1. The molecule has 5 aromatic rings. The first-order chi connectivity index (χ1) is 16.4. The Labute approximate surface area is 192 Å². The van der Waals surface area contributed by atoms with E-state index in [4.69, 9.17) is 5.73 Å². The fourth-order valence-corrected chi connectivity index (χ4v) is 3.55. The molecule has 9 nitrogen and oxygen atoms in total. The summed E-state index contributed by atoms with van der Waals surface area (Å²) >= 11 is 0. The van der Waals surface area contributed by atoms with Gasteiger partial charge >= 0.3 is 0 Å². The van der Waals surface area contributed by atoms with Crippen molar-refractivity contribution in [3.8, 4) is 11.3 Å². The highest BCUT2D eigenvalue weighted by Gasteiger charge is 2.14. The van der Waals surface area contributed by atoms with Crippen LogP contribution in [0.2, 0.25) is 0 Å². The highest BCUT2D eigenvalue weighted by molar-refractivity contribution is 5.80. The van der Waals surface area contributed by atoms with E-state index in [1.54, 1.807) is 25.4 Å². The van der Waals surface area contributed by atoms with Crippen molar-refractivity contribution < 1.29 is 8.78 Å². The number of nitrogens with one attached hydrogen (secondary N) is 3. The number of nitrogen functional groups attached to an aromatic ring is 1. The lowest BCUT2D eigenvalue weighted by Gasteiger charge is -2.16. The van der Waals surface area contributed by atoms with E-state index < -0.39 is 17.7 Å². The lowest BCUT2D eigenvalue weighted by molar-refractivity contribution is 0.566. The maximum Gasteiger partial charge on any atom is 0.223 e. The van der Waals surface area contributed by atoms with Crippen molar-refractivity contribution in [1.29, 1.82) is 0 Å². The van der Waals surface area contributed by atoms with Gasteiger partial charge in [0, 0.05) is 41.7 Å². The smallest absolute Gasteiger partial charge is 0.223 e. The minimum atomic E-state index is -0.649. The Balaban J connectivity index is 1.34. The Kier molecular flexibility index (Phi) is 5.42. The molecule has 0 aliphatic rings. The Bertz CT molecular complexity index is 1480. The zero-order valence-corrected chi connectivity index (χ0v) is 17.9. The molecule has 3 aromatic heterocycles. The van der Waals surface area contributed by atoms with Crippen LogP contribution in [0.25, 0.3) is 22.3 Å². The normalized spacial score (nSPS) is 12.0. The molecule has 0 aliphatic heterocycles. The Morgan fingerprint density at radius 3 is 2.50 bits per heavy atom. The summed E-state index contributed by atoms with van der Waals surface area (Å²) in [5.41, 5.74) is 9.40. The predicted molar refractivity (Wildman–Crippen MR) is 125 cm³/mol. The number of benzene rings is 2. The molecule has 0 radical (unpaired) electrons. The monoisotopic (exact) mass is 459 g/mol. The molecule has 11 heteroatoms. The summed E-state index contributed by atoms with van der Waals surface area (Å²) < 4.78 is 27.3. The molecule has 0 amide bonds. The highest BCUT2D eigenvalue weighted by Crippen LogP contribution is 2.26. The second-order valence-corrected chi connectivity index (χ2v) is 7.58. The van der Waals surface area contributed by atoms with Gasteiger partial charge in [-0.2, -0.15) is 15.1 Å². The van der Waals surface area contributed by atoms with Gasteiger partial charge in [0.05, 0.1) is 22.8 Å². The van der Waals surface area contributed by atoms with Crippen LogP contribution in [0.3, 0.4) is 0 Å². The zero-order valence-electron chi connectivity index (χ0n) is 17.9. The average Bonchev–Trinajstić information content (AvgIpc) is 3.26. The molecule has 1 atom stereocenters. The number of hydrogen-bond acceptors (Lipinski definition) is 8. The Morgan fingerprint density at radius 2 is 1.68 bits per heavy atom. The number of anilines is 4. The minimum Gasteiger partial charge on any atom is -0.368 e. The molecule has 0 bridgehead atoms. The van der Waals surface area contributed by atoms with Crippen LogP contribution < -0.4 is 16.4 Å². The fourth-order valence-electron chi connectivity index (χ4n) is 3.55. The number of H-pyrrole nitrogens is 1. The van der Waals surface area contributed by atoms with E-state index in [1.165, 1.54) is 12.1 Å². The van der Waals surface area contributed by atoms with Crippen LogP contribution in [0.5, 0.6) is 0 Å². The lowest BCUT2D eigenvalue weighted by atomic mass is 10.1. The molecule has 5 rings (SSSR count). The van der Waals surface area contributed by atoms with Gasteiger partial charge in [-0.25, -0.2) is 8.78 Å². The molecule has 0 saturated carbocycles. The molecule has 0 fully saturated rings. The van der Waals surface area contributed by atoms with Gasteiger partial charge in [-0.3, -0.25) is 15.1 Å². The first kappa shape index (κ1) is 21.2. The summed E-state index contributed by atoms with van der Waals surface area (Å²) in [5, 5.41) is 13.4. The third kappa shape index (κ3) is 4.44. The SMILES string of the molecule is CC(Nc1cc(Nc2cc(-c3ccc4nccnc4c3)[nH]n2)nc(N)n1)c1ccc(F)cc1F. The van der Waals surface area contributed by atoms with Crippen LogP contribution in [0.15, 0.2) is 60.9 Å². The van der Waals surface area contributed by atoms with Crippen molar-refractivity contribution in [2.24, 2.45) is 0 Å². The van der Waals surface area contributed by atoms with Crippen molar-refractivity contribution in [2.75, 3.05) is 16.4 Å². The summed E-state index contributed by atoms with van der Waals surface area (Å²) in [4.78, 5) is 16.9. The van der Waals surface area contributed by atoms with E-state index in [1.807, 2.05) is 24.3 Å². The zero-order chi connectivity index (χ0) is 23.7. The van der Waals surface area contributed by atoms with Crippen LogP contribution in [0, 0.1) is 11.6 Å². The van der Waals surface area contributed by atoms with Gasteiger partial charge in [0.15, 0.2) is 5.82 Å². The number of nitrogens with two attached hydrogens (primary N) is 1. The number of fused-ring (bicyclic) bond motifs is 1. The van der Waals surface area contributed by atoms with Crippen molar-refractivity contribution >= 4 is 34.4 Å². The van der Waals surface area contributed by atoms with E-state index in [0.717, 1.165) is 28.4 Å². The van der Waals surface area contributed by atoms with Crippen molar-refractivity contribution in [1.82, 2.24) is 30.1 Å². The molecule has 2 aromatic carbocycles. The molecular weight excluding hydrogens is 440 g/mol. The van der Waals surface area contributed by atoms with Crippen LogP contribution in [0.1, 0.15) is 18.5 Å². The molecular formula is C23H19F2N9. The Morgan fingerprint density at radius 1 is 0.882 bits per heavy atom. The second kappa shape index (κ2) is 8.70. The highest BCUT2D eigenvalue weighted by atomic mass is 19.1. The van der Waals surface area contributed by atoms with Crippen molar-refractivity contribution in [2.45, 2.75) is 13.0 Å². The first-order valence-electron chi connectivity index (χ1n) is 10.3. The van der Waals surface area contributed by atoms with Crippen LogP contribution in [-0.4, -0.2) is 30.1 Å². The van der Waals surface area contributed by atoms with E-state index in [-0.39, 0.29) is 5.95 Å². The maximum absolute atomic E-state index is 14.1. The third-order valence-corrected chi connectivity index (χ3v) is 5.15. The number of aromatic amines is 1.